The molecule has 0 aliphatic heterocycles. The number of hydrogen-bond donors (Lipinski definition) is 4. The molecule has 0 amide bonds. The van der Waals surface area contributed by atoms with E-state index in [-0.39, 0.29) is 5.69 Å². The lowest BCUT2D eigenvalue weighted by Gasteiger charge is -2.17. The van der Waals surface area contributed by atoms with E-state index in [4.69, 9.17) is 5.11 Å². The molecule has 1 aromatic rings. The average Bonchev–Trinajstić information content (AvgIpc) is 2.35. The van der Waals surface area contributed by atoms with Gasteiger partial charge >= 0.3 is 5.97 Å². The molecular weight excluding hydrogens is 224 g/mol. The van der Waals surface area contributed by atoms with E-state index in [1.165, 1.54) is 18.3 Å². The van der Waals surface area contributed by atoms with Gasteiger partial charge in [-0.2, -0.15) is 0 Å². The molecule has 1 rings (SSSR count). The van der Waals surface area contributed by atoms with E-state index in [0.29, 0.717) is 18.5 Å². The number of carboxylic acids is 1. The molecule has 2 atom stereocenters. The van der Waals surface area contributed by atoms with Crippen molar-refractivity contribution >= 4 is 5.97 Å². The van der Waals surface area contributed by atoms with E-state index in [9.17, 15) is 15.0 Å². The zero-order valence-electron chi connectivity index (χ0n) is 9.50. The maximum Gasteiger partial charge on any atom is 0.354 e. The maximum atomic E-state index is 10.6. The Morgan fingerprint density at radius 3 is 2.65 bits per heavy atom. The molecule has 6 nitrogen and oxygen atoms in total. The van der Waals surface area contributed by atoms with Crippen LogP contribution in [-0.2, 0) is 0 Å². The molecular formula is C11H16N2O4. The lowest BCUT2D eigenvalue weighted by atomic mass is 10.0. The van der Waals surface area contributed by atoms with Crippen LogP contribution in [0.2, 0.25) is 0 Å². The van der Waals surface area contributed by atoms with Gasteiger partial charge in [0.1, 0.15) is 11.8 Å². The largest absolute Gasteiger partial charge is 0.477 e. The van der Waals surface area contributed by atoms with Crippen molar-refractivity contribution in [2.75, 3.05) is 13.6 Å². The lowest BCUT2D eigenvalue weighted by molar-refractivity contribution is 0.0138. The second-order valence-electron chi connectivity index (χ2n) is 3.69. The standard InChI is InChI=1S/C11H16N2O4/c1-12-5-4-9(14)10(15)7-2-3-8(11(16)17)13-6-7/h2-3,6,9-10,12,14-15H,4-5H2,1H3,(H,16,17). The molecule has 0 aromatic carbocycles. The third-order valence-electron chi connectivity index (χ3n) is 2.40. The number of aromatic nitrogens is 1. The van der Waals surface area contributed by atoms with Gasteiger partial charge in [0.25, 0.3) is 0 Å². The van der Waals surface area contributed by atoms with E-state index in [2.05, 4.69) is 10.3 Å². The number of aromatic carboxylic acids is 1. The van der Waals surface area contributed by atoms with Crippen molar-refractivity contribution in [3.05, 3.63) is 29.6 Å². The smallest absolute Gasteiger partial charge is 0.354 e. The Morgan fingerprint density at radius 1 is 1.47 bits per heavy atom. The van der Waals surface area contributed by atoms with Gasteiger partial charge in [-0.25, -0.2) is 9.78 Å². The number of carboxylic acid groups (broad SMARTS) is 1. The molecule has 94 valence electrons. The van der Waals surface area contributed by atoms with Crippen LogP contribution in [0.4, 0.5) is 0 Å². The van der Waals surface area contributed by atoms with Crippen LogP contribution in [0.15, 0.2) is 18.3 Å². The second-order valence-corrected chi connectivity index (χ2v) is 3.69. The summed E-state index contributed by atoms with van der Waals surface area (Å²) in [5.74, 6) is -1.12. The topological polar surface area (TPSA) is 103 Å². The van der Waals surface area contributed by atoms with Crippen LogP contribution in [0, 0.1) is 0 Å². The normalized spacial score (nSPS) is 14.3. The van der Waals surface area contributed by atoms with Crippen LogP contribution in [-0.4, -0.2) is 46.0 Å². The summed E-state index contributed by atoms with van der Waals surface area (Å²) in [5.41, 5.74) is 0.310. The molecule has 0 fully saturated rings. The van der Waals surface area contributed by atoms with Crippen LogP contribution in [0.1, 0.15) is 28.6 Å². The van der Waals surface area contributed by atoms with Gasteiger partial charge in [0, 0.05) is 11.8 Å². The summed E-state index contributed by atoms with van der Waals surface area (Å²) in [4.78, 5) is 14.3. The van der Waals surface area contributed by atoms with Gasteiger partial charge in [-0.3, -0.25) is 0 Å². The van der Waals surface area contributed by atoms with Gasteiger partial charge in [-0.05, 0) is 26.1 Å². The number of aliphatic hydroxyl groups is 2. The predicted octanol–water partition coefficient (Wildman–Crippen LogP) is -0.216. The number of aliphatic hydroxyl groups excluding tert-OH is 2. The van der Waals surface area contributed by atoms with Crippen molar-refractivity contribution in [2.24, 2.45) is 0 Å². The van der Waals surface area contributed by atoms with Gasteiger partial charge in [0.15, 0.2) is 0 Å². The minimum atomic E-state index is -1.12. The Labute approximate surface area is 98.9 Å². The highest BCUT2D eigenvalue weighted by molar-refractivity contribution is 5.85. The first-order valence-electron chi connectivity index (χ1n) is 5.26. The molecule has 0 saturated heterocycles. The fourth-order valence-electron chi connectivity index (χ4n) is 1.38. The Hall–Kier alpha value is -1.50. The molecule has 4 N–H and O–H groups in total. The van der Waals surface area contributed by atoms with Crippen LogP contribution in [0.3, 0.4) is 0 Å². The summed E-state index contributed by atoms with van der Waals surface area (Å²) in [6.45, 7) is 0.582. The van der Waals surface area contributed by atoms with Gasteiger partial charge in [0.2, 0.25) is 0 Å². The fourth-order valence-corrected chi connectivity index (χ4v) is 1.38. The van der Waals surface area contributed by atoms with Crippen LogP contribution in [0.5, 0.6) is 0 Å². The SMILES string of the molecule is CNCCC(O)C(O)c1ccc(C(=O)O)nc1. The quantitative estimate of drug-likeness (QED) is 0.548. The maximum absolute atomic E-state index is 10.6. The Morgan fingerprint density at radius 2 is 2.18 bits per heavy atom. The number of hydrogen-bond acceptors (Lipinski definition) is 5. The van der Waals surface area contributed by atoms with Crippen molar-refractivity contribution in [1.82, 2.24) is 10.3 Å². The fraction of sp³-hybridized carbons (Fsp3) is 0.455. The minimum absolute atomic E-state index is 0.0920. The minimum Gasteiger partial charge on any atom is -0.477 e. The van der Waals surface area contributed by atoms with Crippen LogP contribution in [0.25, 0.3) is 0 Å². The summed E-state index contributed by atoms with van der Waals surface area (Å²) in [7, 11) is 1.75. The Kier molecular flexibility index (Phi) is 5.02. The summed E-state index contributed by atoms with van der Waals surface area (Å²) in [6, 6.07) is 2.75. The molecule has 1 heterocycles. The molecule has 0 bridgehead atoms. The first-order valence-corrected chi connectivity index (χ1v) is 5.26. The van der Waals surface area contributed by atoms with Crippen molar-refractivity contribution in [1.29, 1.82) is 0 Å². The van der Waals surface area contributed by atoms with Crippen LogP contribution < -0.4 is 5.32 Å². The van der Waals surface area contributed by atoms with Gasteiger partial charge in [-0.1, -0.05) is 6.07 Å². The number of nitrogens with zero attached hydrogens (tertiary/aromatic N) is 1. The van der Waals surface area contributed by atoms with E-state index >= 15 is 0 Å². The number of rotatable bonds is 6. The van der Waals surface area contributed by atoms with Gasteiger partial charge < -0.3 is 20.6 Å². The lowest BCUT2D eigenvalue weighted by Crippen LogP contribution is -2.23. The number of nitrogens with one attached hydrogen (secondary N) is 1. The summed E-state index contributed by atoms with van der Waals surface area (Å²) < 4.78 is 0. The molecule has 0 aliphatic rings. The first-order chi connectivity index (χ1) is 8.06. The summed E-state index contributed by atoms with van der Waals surface area (Å²) in [6.07, 6.45) is -0.298. The molecule has 0 aliphatic carbocycles. The van der Waals surface area contributed by atoms with E-state index in [0.717, 1.165) is 0 Å². The second kappa shape index (κ2) is 6.29. The highest BCUT2D eigenvalue weighted by Gasteiger charge is 2.18. The van der Waals surface area contributed by atoms with Gasteiger partial charge in [-0.15, -0.1) is 0 Å². The molecule has 0 radical (unpaired) electrons. The van der Waals surface area contributed by atoms with Crippen LogP contribution >= 0.6 is 0 Å². The van der Waals surface area contributed by atoms with Crippen molar-refractivity contribution < 1.29 is 20.1 Å². The Bertz CT molecular complexity index is 366. The van der Waals surface area contributed by atoms with Gasteiger partial charge in [0.05, 0.1) is 6.10 Å². The monoisotopic (exact) mass is 240 g/mol. The highest BCUT2D eigenvalue weighted by atomic mass is 16.4. The highest BCUT2D eigenvalue weighted by Crippen LogP contribution is 2.18. The molecule has 0 spiro atoms. The van der Waals surface area contributed by atoms with Crippen molar-refractivity contribution in [2.45, 2.75) is 18.6 Å². The van der Waals surface area contributed by atoms with E-state index < -0.39 is 18.2 Å². The summed E-state index contributed by atoms with van der Waals surface area (Å²) in [5, 5.41) is 30.9. The van der Waals surface area contributed by atoms with Crippen molar-refractivity contribution in [3.63, 3.8) is 0 Å². The molecule has 1 aromatic heterocycles. The van der Waals surface area contributed by atoms with E-state index in [1.54, 1.807) is 7.05 Å². The molecule has 2 unspecified atom stereocenters. The molecule has 6 heteroatoms. The van der Waals surface area contributed by atoms with Crippen molar-refractivity contribution in [3.8, 4) is 0 Å². The molecule has 0 saturated carbocycles. The third-order valence-corrected chi connectivity index (χ3v) is 2.40. The molecule has 17 heavy (non-hydrogen) atoms. The Balaban J connectivity index is 2.68. The number of carbonyl (C=O) groups is 1. The first kappa shape index (κ1) is 13.6. The summed E-state index contributed by atoms with van der Waals surface area (Å²) >= 11 is 0. The van der Waals surface area contributed by atoms with E-state index in [1.807, 2.05) is 0 Å². The zero-order valence-corrected chi connectivity index (χ0v) is 9.50. The predicted molar refractivity (Wildman–Crippen MR) is 60.7 cm³/mol. The zero-order chi connectivity index (χ0) is 12.8. The average molecular weight is 240 g/mol. The number of pyridine rings is 1. The third kappa shape index (κ3) is 3.77.